The van der Waals surface area contributed by atoms with Crippen LogP contribution < -0.4 is 5.46 Å². The summed E-state index contributed by atoms with van der Waals surface area (Å²) in [6.07, 6.45) is 0. The zero-order chi connectivity index (χ0) is 13.8. The molecule has 95 valence electrons. The Hall–Kier alpha value is -2.32. The molecule has 0 amide bonds. The highest BCUT2D eigenvalue weighted by atomic mass is 16.2. The number of rotatable bonds is 3. The van der Waals surface area contributed by atoms with Crippen LogP contribution >= 0.6 is 0 Å². The molecule has 1 nitrogen and oxygen atoms in total. The van der Waals surface area contributed by atoms with E-state index >= 15 is 0 Å². The summed E-state index contributed by atoms with van der Waals surface area (Å²) in [5, 5.41) is 9.36. The van der Waals surface area contributed by atoms with Gasteiger partial charge in [0, 0.05) is 0 Å². The molecule has 0 aliphatic rings. The maximum atomic E-state index is 9.36. The molecule has 0 bridgehead atoms. The van der Waals surface area contributed by atoms with Crippen LogP contribution in [0.3, 0.4) is 0 Å². The molecule has 0 spiro atoms. The van der Waals surface area contributed by atoms with E-state index in [1.54, 1.807) is 0 Å². The number of benzene rings is 3. The fourth-order valence-electron chi connectivity index (χ4n) is 2.32. The van der Waals surface area contributed by atoms with Crippen LogP contribution in [0.4, 0.5) is 0 Å². The van der Waals surface area contributed by atoms with E-state index in [0.717, 1.165) is 35.2 Å². The van der Waals surface area contributed by atoms with E-state index in [4.69, 9.17) is 0 Å². The van der Waals surface area contributed by atoms with Gasteiger partial charge < -0.3 is 5.02 Å². The molecule has 0 unspecified atom stereocenters. The van der Waals surface area contributed by atoms with Crippen molar-refractivity contribution in [3.63, 3.8) is 0 Å². The van der Waals surface area contributed by atoms with Crippen LogP contribution in [0.25, 0.3) is 22.3 Å². The van der Waals surface area contributed by atoms with E-state index in [1.807, 2.05) is 48.5 Å². The molecule has 0 aliphatic heterocycles. The van der Waals surface area contributed by atoms with Crippen molar-refractivity contribution in [2.45, 2.75) is 0 Å². The van der Waals surface area contributed by atoms with Gasteiger partial charge in [0.2, 0.25) is 0 Å². The lowest BCUT2D eigenvalue weighted by atomic mass is 9.83. The second kappa shape index (κ2) is 5.76. The summed E-state index contributed by atoms with van der Waals surface area (Å²) in [6, 6.07) is 26.5. The third kappa shape index (κ3) is 2.66. The van der Waals surface area contributed by atoms with Gasteiger partial charge in [0.25, 0.3) is 0 Å². The molecule has 3 aromatic rings. The summed E-state index contributed by atoms with van der Waals surface area (Å²) in [6.45, 7) is 0. The Bertz CT molecular complexity index is 635. The van der Waals surface area contributed by atoms with Crippen molar-refractivity contribution >= 4 is 12.9 Å². The SMILES string of the molecule is O[B]c1cc(-c2ccccc2)cc(-c2ccccc2)c1. The van der Waals surface area contributed by atoms with Crippen molar-refractivity contribution in [2.24, 2.45) is 0 Å². The summed E-state index contributed by atoms with van der Waals surface area (Å²) in [7, 11) is 1.15. The van der Waals surface area contributed by atoms with Gasteiger partial charge in [-0.05, 0) is 28.3 Å². The minimum absolute atomic E-state index is 0.810. The molecule has 1 N–H and O–H groups in total. The molecule has 1 radical (unpaired) electrons. The molecule has 2 heteroatoms. The Kier molecular flexibility index (Phi) is 3.66. The van der Waals surface area contributed by atoms with E-state index in [-0.39, 0.29) is 0 Å². The maximum absolute atomic E-state index is 9.36. The molecule has 0 aliphatic carbocycles. The fraction of sp³-hybridized carbons (Fsp3) is 0. The van der Waals surface area contributed by atoms with Gasteiger partial charge in [0.1, 0.15) is 0 Å². The molecule has 3 aromatic carbocycles. The summed E-state index contributed by atoms with van der Waals surface area (Å²) >= 11 is 0. The Morgan fingerprint density at radius 2 is 1.00 bits per heavy atom. The Morgan fingerprint density at radius 3 is 1.40 bits per heavy atom. The first-order chi connectivity index (χ1) is 9.86. The van der Waals surface area contributed by atoms with Crippen LogP contribution in [0.2, 0.25) is 0 Å². The lowest BCUT2D eigenvalue weighted by Gasteiger charge is -2.09. The van der Waals surface area contributed by atoms with E-state index in [1.165, 1.54) is 0 Å². The van der Waals surface area contributed by atoms with Gasteiger partial charge >= 0.3 is 7.48 Å². The predicted octanol–water partition coefficient (Wildman–Crippen LogP) is 3.26. The molecule has 0 saturated heterocycles. The van der Waals surface area contributed by atoms with Gasteiger partial charge in [-0.3, -0.25) is 0 Å². The number of hydrogen-bond donors (Lipinski definition) is 1. The second-order valence-corrected chi connectivity index (χ2v) is 4.70. The Balaban J connectivity index is 2.13. The van der Waals surface area contributed by atoms with E-state index in [0.29, 0.717) is 0 Å². The van der Waals surface area contributed by atoms with E-state index in [9.17, 15) is 5.02 Å². The summed E-state index contributed by atoms with van der Waals surface area (Å²) < 4.78 is 0. The number of hydrogen-bond acceptors (Lipinski definition) is 1. The van der Waals surface area contributed by atoms with Crippen molar-refractivity contribution in [1.29, 1.82) is 0 Å². The smallest absolute Gasteiger partial charge is 0.326 e. The third-order valence-corrected chi connectivity index (χ3v) is 3.32. The molecule has 20 heavy (non-hydrogen) atoms. The van der Waals surface area contributed by atoms with Gasteiger partial charge in [0.05, 0.1) is 0 Å². The first-order valence-electron chi connectivity index (χ1n) is 6.60. The van der Waals surface area contributed by atoms with Crippen molar-refractivity contribution < 1.29 is 5.02 Å². The molecule has 0 aromatic heterocycles. The van der Waals surface area contributed by atoms with Crippen LogP contribution in [-0.4, -0.2) is 12.5 Å². The van der Waals surface area contributed by atoms with Crippen LogP contribution in [0.5, 0.6) is 0 Å². The van der Waals surface area contributed by atoms with E-state index in [2.05, 4.69) is 30.3 Å². The minimum Gasteiger partial charge on any atom is -0.450 e. The molecule has 0 saturated carbocycles. The highest BCUT2D eigenvalue weighted by molar-refractivity contribution is 6.45. The highest BCUT2D eigenvalue weighted by Crippen LogP contribution is 2.25. The zero-order valence-electron chi connectivity index (χ0n) is 11.0. The normalized spacial score (nSPS) is 10.2. The average Bonchev–Trinajstić information content (AvgIpc) is 2.56. The lowest BCUT2D eigenvalue weighted by molar-refractivity contribution is 0.615. The molecule has 3 rings (SSSR count). The fourth-order valence-corrected chi connectivity index (χ4v) is 2.32. The van der Waals surface area contributed by atoms with Crippen LogP contribution in [0.15, 0.2) is 78.9 Å². The molecule has 0 fully saturated rings. The molecular weight excluding hydrogens is 243 g/mol. The van der Waals surface area contributed by atoms with Crippen molar-refractivity contribution in [3.05, 3.63) is 78.9 Å². The van der Waals surface area contributed by atoms with Gasteiger partial charge in [-0.1, -0.05) is 78.3 Å². The Labute approximate surface area is 119 Å². The average molecular weight is 257 g/mol. The quantitative estimate of drug-likeness (QED) is 0.714. The largest absolute Gasteiger partial charge is 0.450 e. The van der Waals surface area contributed by atoms with Gasteiger partial charge in [0.15, 0.2) is 0 Å². The van der Waals surface area contributed by atoms with Crippen molar-refractivity contribution in [2.75, 3.05) is 0 Å². The second-order valence-electron chi connectivity index (χ2n) is 4.70. The summed E-state index contributed by atoms with van der Waals surface area (Å²) in [5.41, 5.74) is 5.31. The van der Waals surface area contributed by atoms with Gasteiger partial charge in [-0.15, -0.1) is 0 Å². The lowest BCUT2D eigenvalue weighted by Crippen LogP contribution is -2.13. The standard InChI is InChI=1S/C18H14BO/c20-19-18-12-16(14-7-3-1-4-8-14)11-17(13-18)15-9-5-2-6-10-15/h1-13,20H. The third-order valence-electron chi connectivity index (χ3n) is 3.32. The Morgan fingerprint density at radius 1 is 0.550 bits per heavy atom. The highest BCUT2D eigenvalue weighted by Gasteiger charge is 2.05. The van der Waals surface area contributed by atoms with Gasteiger partial charge in [-0.25, -0.2) is 0 Å². The first kappa shape index (κ1) is 12.7. The predicted molar refractivity (Wildman–Crippen MR) is 84.9 cm³/mol. The zero-order valence-corrected chi connectivity index (χ0v) is 11.0. The summed E-state index contributed by atoms with van der Waals surface area (Å²) in [5.74, 6) is 0. The van der Waals surface area contributed by atoms with E-state index < -0.39 is 0 Å². The van der Waals surface area contributed by atoms with Crippen LogP contribution in [0, 0.1) is 0 Å². The topological polar surface area (TPSA) is 20.2 Å². The van der Waals surface area contributed by atoms with Crippen molar-refractivity contribution in [1.82, 2.24) is 0 Å². The summed E-state index contributed by atoms with van der Waals surface area (Å²) in [4.78, 5) is 0. The van der Waals surface area contributed by atoms with Crippen molar-refractivity contribution in [3.8, 4) is 22.3 Å². The van der Waals surface area contributed by atoms with Crippen LogP contribution in [-0.2, 0) is 0 Å². The molecular formula is C18H14BO. The van der Waals surface area contributed by atoms with Crippen LogP contribution in [0.1, 0.15) is 0 Å². The maximum Gasteiger partial charge on any atom is 0.326 e. The minimum atomic E-state index is 0.810. The monoisotopic (exact) mass is 257 g/mol. The molecule has 0 atom stereocenters. The van der Waals surface area contributed by atoms with Gasteiger partial charge in [-0.2, -0.15) is 0 Å². The molecule has 0 heterocycles. The first-order valence-corrected chi connectivity index (χ1v) is 6.60.